The number of sulfonamides is 1. The second-order valence-electron chi connectivity index (χ2n) is 3.43. The van der Waals surface area contributed by atoms with Crippen molar-refractivity contribution in [2.45, 2.75) is 31.2 Å². The van der Waals surface area contributed by atoms with Crippen molar-refractivity contribution < 1.29 is 8.42 Å². The van der Waals surface area contributed by atoms with Gasteiger partial charge in [-0.25, -0.2) is 24.0 Å². The summed E-state index contributed by atoms with van der Waals surface area (Å²) in [4.78, 5) is 3.89. The molecule has 0 saturated heterocycles. The number of hydrazine groups is 1. The average Bonchev–Trinajstić information content (AvgIpc) is 2.28. The molecule has 0 aliphatic heterocycles. The van der Waals surface area contributed by atoms with Gasteiger partial charge in [-0.05, 0) is 25.5 Å². The first-order valence-corrected chi connectivity index (χ1v) is 6.43. The van der Waals surface area contributed by atoms with Gasteiger partial charge in [-0.1, -0.05) is 6.92 Å². The van der Waals surface area contributed by atoms with Crippen LogP contribution in [0.3, 0.4) is 0 Å². The monoisotopic (exact) mass is 244 g/mol. The van der Waals surface area contributed by atoms with Gasteiger partial charge in [0.2, 0.25) is 10.0 Å². The SMILES string of the molecule is CCC(C)NS(=O)(=O)c1cccnc1NN. The van der Waals surface area contributed by atoms with Crippen molar-refractivity contribution in [2.24, 2.45) is 5.84 Å². The van der Waals surface area contributed by atoms with E-state index in [2.05, 4.69) is 15.1 Å². The van der Waals surface area contributed by atoms with Crippen molar-refractivity contribution in [3.8, 4) is 0 Å². The number of nitrogens with one attached hydrogen (secondary N) is 2. The number of nitrogens with two attached hydrogens (primary N) is 1. The first kappa shape index (κ1) is 12.9. The lowest BCUT2D eigenvalue weighted by atomic mass is 10.3. The molecule has 7 heteroatoms. The maximum Gasteiger partial charge on any atom is 0.244 e. The van der Waals surface area contributed by atoms with Gasteiger partial charge >= 0.3 is 0 Å². The third kappa shape index (κ3) is 2.91. The van der Waals surface area contributed by atoms with Gasteiger partial charge in [-0.3, -0.25) is 0 Å². The molecule has 1 unspecified atom stereocenters. The topological polar surface area (TPSA) is 97.1 Å². The molecule has 1 aromatic heterocycles. The maximum atomic E-state index is 11.9. The Bertz CT molecular complexity index is 447. The Balaban J connectivity index is 3.07. The Kier molecular flexibility index (Phi) is 4.22. The zero-order chi connectivity index (χ0) is 12.2. The van der Waals surface area contributed by atoms with Crippen LogP contribution in [0.1, 0.15) is 20.3 Å². The van der Waals surface area contributed by atoms with Crippen LogP contribution in [0.5, 0.6) is 0 Å². The number of nitrogens with zero attached hydrogens (tertiary/aromatic N) is 1. The van der Waals surface area contributed by atoms with E-state index in [4.69, 9.17) is 5.84 Å². The van der Waals surface area contributed by atoms with E-state index in [9.17, 15) is 8.42 Å². The molecule has 4 N–H and O–H groups in total. The van der Waals surface area contributed by atoms with Crippen LogP contribution in [0, 0.1) is 0 Å². The largest absolute Gasteiger partial charge is 0.307 e. The fourth-order valence-electron chi connectivity index (χ4n) is 1.13. The second-order valence-corrected chi connectivity index (χ2v) is 5.11. The average molecular weight is 244 g/mol. The van der Waals surface area contributed by atoms with Crippen LogP contribution in [0.4, 0.5) is 5.82 Å². The van der Waals surface area contributed by atoms with Crippen molar-refractivity contribution in [2.75, 3.05) is 5.43 Å². The van der Waals surface area contributed by atoms with Gasteiger partial charge in [-0.15, -0.1) is 0 Å². The van der Waals surface area contributed by atoms with Gasteiger partial charge in [0.15, 0.2) is 5.82 Å². The van der Waals surface area contributed by atoms with Crippen LogP contribution < -0.4 is 16.0 Å². The quantitative estimate of drug-likeness (QED) is 0.516. The maximum absolute atomic E-state index is 11.9. The van der Waals surface area contributed by atoms with Crippen LogP contribution in [-0.4, -0.2) is 19.4 Å². The molecule has 0 fully saturated rings. The van der Waals surface area contributed by atoms with Crippen molar-refractivity contribution >= 4 is 15.8 Å². The van der Waals surface area contributed by atoms with Crippen LogP contribution >= 0.6 is 0 Å². The van der Waals surface area contributed by atoms with E-state index in [-0.39, 0.29) is 16.8 Å². The Morgan fingerprint density at radius 3 is 2.81 bits per heavy atom. The first-order valence-electron chi connectivity index (χ1n) is 4.95. The van der Waals surface area contributed by atoms with Crippen molar-refractivity contribution in [1.29, 1.82) is 0 Å². The standard InChI is InChI=1S/C9H16N4O2S/c1-3-7(2)13-16(14,15)8-5-4-6-11-9(8)12-10/h4-7,13H,3,10H2,1-2H3,(H,11,12). The van der Waals surface area contributed by atoms with Gasteiger partial charge in [0.1, 0.15) is 4.90 Å². The molecule has 0 radical (unpaired) electrons. The smallest absolute Gasteiger partial charge is 0.244 e. The minimum absolute atomic E-state index is 0.0535. The summed E-state index contributed by atoms with van der Waals surface area (Å²) in [7, 11) is -3.57. The summed E-state index contributed by atoms with van der Waals surface area (Å²) >= 11 is 0. The molecule has 1 rings (SSSR count). The van der Waals surface area contributed by atoms with E-state index >= 15 is 0 Å². The lowest BCUT2D eigenvalue weighted by molar-refractivity contribution is 0.556. The van der Waals surface area contributed by atoms with E-state index in [1.165, 1.54) is 12.3 Å². The summed E-state index contributed by atoms with van der Waals surface area (Å²) in [6.45, 7) is 3.70. The zero-order valence-electron chi connectivity index (χ0n) is 9.27. The number of pyridine rings is 1. The van der Waals surface area contributed by atoms with E-state index < -0.39 is 10.0 Å². The van der Waals surface area contributed by atoms with E-state index in [1.807, 2.05) is 6.92 Å². The molecule has 6 nitrogen and oxygen atoms in total. The third-order valence-corrected chi connectivity index (χ3v) is 3.79. The number of aromatic nitrogens is 1. The molecule has 90 valence electrons. The molecule has 0 saturated carbocycles. The number of hydrogen-bond acceptors (Lipinski definition) is 5. The molecule has 1 heterocycles. The van der Waals surface area contributed by atoms with Crippen molar-refractivity contribution in [1.82, 2.24) is 9.71 Å². The minimum Gasteiger partial charge on any atom is -0.307 e. The summed E-state index contributed by atoms with van der Waals surface area (Å²) < 4.78 is 26.4. The van der Waals surface area contributed by atoms with Gasteiger partial charge in [0.25, 0.3) is 0 Å². The molecule has 0 aromatic carbocycles. The predicted molar refractivity (Wildman–Crippen MR) is 62.1 cm³/mol. The summed E-state index contributed by atoms with van der Waals surface area (Å²) in [5, 5.41) is 0. The van der Waals surface area contributed by atoms with E-state index in [0.29, 0.717) is 6.42 Å². The Labute approximate surface area is 95.3 Å². The normalized spacial score (nSPS) is 13.4. The molecule has 0 amide bonds. The zero-order valence-corrected chi connectivity index (χ0v) is 10.1. The highest BCUT2D eigenvalue weighted by Gasteiger charge is 2.20. The van der Waals surface area contributed by atoms with Gasteiger partial charge < -0.3 is 5.43 Å². The highest BCUT2D eigenvalue weighted by Crippen LogP contribution is 2.17. The molecule has 1 aromatic rings. The second kappa shape index (κ2) is 5.24. The summed E-state index contributed by atoms with van der Waals surface area (Å²) in [6.07, 6.45) is 2.18. The molecular weight excluding hydrogens is 228 g/mol. The van der Waals surface area contributed by atoms with Crippen LogP contribution in [0.25, 0.3) is 0 Å². The Morgan fingerprint density at radius 1 is 1.56 bits per heavy atom. The fourth-order valence-corrected chi connectivity index (χ4v) is 2.57. The fraction of sp³-hybridized carbons (Fsp3) is 0.444. The summed E-state index contributed by atoms with van der Waals surface area (Å²) in [5.41, 5.74) is 2.26. The first-order chi connectivity index (χ1) is 7.51. The van der Waals surface area contributed by atoms with E-state index in [1.54, 1.807) is 13.0 Å². The number of nitrogen functional groups attached to an aromatic ring is 1. The number of rotatable bonds is 5. The number of hydrogen-bond donors (Lipinski definition) is 3. The molecule has 0 aliphatic carbocycles. The van der Waals surface area contributed by atoms with Gasteiger partial charge in [0, 0.05) is 12.2 Å². The Hall–Kier alpha value is -1.18. The molecule has 1 atom stereocenters. The summed E-state index contributed by atoms with van der Waals surface area (Å²) in [5.74, 6) is 5.34. The molecule has 0 aliphatic rings. The highest BCUT2D eigenvalue weighted by atomic mass is 32.2. The number of anilines is 1. The molecule has 0 bridgehead atoms. The van der Waals surface area contributed by atoms with Crippen LogP contribution in [0.2, 0.25) is 0 Å². The molecular formula is C9H16N4O2S. The highest BCUT2D eigenvalue weighted by molar-refractivity contribution is 7.89. The van der Waals surface area contributed by atoms with E-state index in [0.717, 1.165) is 0 Å². The van der Waals surface area contributed by atoms with Crippen molar-refractivity contribution in [3.63, 3.8) is 0 Å². The third-order valence-electron chi connectivity index (χ3n) is 2.17. The molecule has 0 spiro atoms. The minimum atomic E-state index is -3.57. The van der Waals surface area contributed by atoms with Gasteiger partial charge in [0.05, 0.1) is 0 Å². The van der Waals surface area contributed by atoms with Gasteiger partial charge in [-0.2, -0.15) is 0 Å². The Morgan fingerprint density at radius 2 is 2.25 bits per heavy atom. The van der Waals surface area contributed by atoms with Crippen molar-refractivity contribution in [3.05, 3.63) is 18.3 Å². The lowest BCUT2D eigenvalue weighted by Gasteiger charge is -2.13. The predicted octanol–water partition coefficient (Wildman–Crippen LogP) is 0.444. The lowest BCUT2D eigenvalue weighted by Crippen LogP contribution is -2.32. The summed E-state index contributed by atoms with van der Waals surface area (Å²) in [6, 6.07) is 2.87. The molecule has 16 heavy (non-hydrogen) atoms. The van der Waals surface area contributed by atoms with Crippen LogP contribution in [0.15, 0.2) is 23.2 Å². The van der Waals surface area contributed by atoms with Crippen LogP contribution in [-0.2, 0) is 10.0 Å².